The Morgan fingerprint density at radius 2 is 2.62 bits per heavy atom. The molecule has 0 aromatic carbocycles. The van der Waals surface area contributed by atoms with Gasteiger partial charge >= 0.3 is 5.97 Å². The Labute approximate surface area is 84.5 Å². The van der Waals surface area contributed by atoms with E-state index >= 15 is 0 Å². The number of hydrogen-bond donors (Lipinski definition) is 0. The maximum Gasteiger partial charge on any atom is 0.319 e. The van der Waals surface area contributed by atoms with E-state index in [0.29, 0.717) is 0 Å². The third-order valence-electron chi connectivity index (χ3n) is 1.78. The number of thioether (sulfide) groups is 1. The van der Waals surface area contributed by atoms with Gasteiger partial charge in [0.05, 0.1) is 0 Å². The first-order valence-corrected chi connectivity index (χ1v) is 5.78. The second-order valence-corrected chi connectivity index (χ2v) is 5.23. The molecule has 0 spiro atoms. The number of thiazole rings is 1. The van der Waals surface area contributed by atoms with Crippen LogP contribution in [0.15, 0.2) is 15.9 Å². The van der Waals surface area contributed by atoms with E-state index in [2.05, 4.69) is 4.98 Å². The van der Waals surface area contributed by atoms with Gasteiger partial charge in [-0.1, -0.05) is 11.8 Å². The van der Waals surface area contributed by atoms with Gasteiger partial charge < -0.3 is 4.74 Å². The molecule has 2 rings (SSSR count). The van der Waals surface area contributed by atoms with E-state index in [1.54, 1.807) is 17.5 Å². The molecule has 1 aromatic heterocycles. The summed E-state index contributed by atoms with van der Waals surface area (Å²) in [6, 6.07) is 0. The number of rotatable bonds is 2. The first kappa shape index (κ1) is 9.02. The zero-order chi connectivity index (χ0) is 9.26. The van der Waals surface area contributed by atoms with E-state index in [9.17, 15) is 4.79 Å². The van der Waals surface area contributed by atoms with Crippen LogP contribution >= 0.6 is 23.1 Å². The Morgan fingerprint density at radius 3 is 3.15 bits per heavy atom. The fraction of sp³-hybridized carbons (Fsp3) is 0.500. The van der Waals surface area contributed by atoms with Crippen LogP contribution in [0, 0.1) is 0 Å². The maximum atomic E-state index is 11.2. The van der Waals surface area contributed by atoms with Crippen LogP contribution in [0.25, 0.3) is 0 Å². The molecule has 1 aliphatic rings. The van der Waals surface area contributed by atoms with Crippen molar-refractivity contribution >= 4 is 29.1 Å². The fourth-order valence-electron chi connectivity index (χ4n) is 1.21. The minimum Gasteiger partial charge on any atom is -0.462 e. The van der Waals surface area contributed by atoms with E-state index in [-0.39, 0.29) is 17.3 Å². The Bertz CT molecular complexity index is 299. The van der Waals surface area contributed by atoms with Crippen LogP contribution in [-0.4, -0.2) is 22.3 Å². The van der Waals surface area contributed by atoms with Crippen LogP contribution in [0.5, 0.6) is 0 Å². The third-order valence-corrected chi connectivity index (χ3v) is 3.90. The summed E-state index contributed by atoms with van der Waals surface area (Å²) in [5.41, 5.74) is 0. The van der Waals surface area contributed by atoms with Crippen molar-refractivity contribution in [2.24, 2.45) is 0 Å². The van der Waals surface area contributed by atoms with Gasteiger partial charge in [-0.05, 0) is 6.92 Å². The molecular formula is C8H9NO2S2. The van der Waals surface area contributed by atoms with E-state index in [4.69, 9.17) is 4.74 Å². The van der Waals surface area contributed by atoms with Crippen molar-refractivity contribution in [3.8, 4) is 0 Å². The molecule has 1 aliphatic heterocycles. The van der Waals surface area contributed by atoms with Gasteiger partial charge in [0.2, 0.25) is 0 Å². The van der Waals surface area contributed by atoms with Crippen LogP contribution < -0.4 is 0 Å². The molecule has 2 unspecified atom stereocenters. The molecule has 1 aromatic rings. The molecule has 0 amide bonds. The lowest BCUT2D eigenvalue weighted by Gasteiger charge is -1.99. The van der Waals surface area contributed by atoms with Crippen LogP contribution in [0.2, 0.25) is 0 Å². The maximum absolute atomic E-state index is 11.2. The third kappa shape index (κ3) is 2.03. The lowest BCUT2D eigenvalue weighted by atomic mass is 10.3. The minimum absolute atomic E-state index is 0.0545. The van der Waals surface area contributed by atoms with Gasteiger partial charge in [0, 0.05) is 18.0 Å². The van der Waals surface area contributed by atoms with Crippen molar-refractivity contribution in [3.05, 3.63) is 11.6 Å². The number of ether oxygens (including phenoxy) is 1. The summed E-state index contributed by atoms with van der Waals surface area (Å²) in [6.07, 6.45) is 2.60. The highest BCUT2D eigenvalue weighted by molar-refractivity contribution is 8.02. The van der Waals surface area contributed by atoms with Gasteiger partial charge in [-0.15, -0.1) is 11.3 Å². The summed E-state index contributed by atoms with van der Waals surface area (Å²) in [5.74, 6) is -0.104. The van der Waals surface area contributed by atoms with Crippen molar-refractivity contribution in [1.82, 2.24) is 4.98 Å². The van der Waals surface area contributed by atoms with Gasteiger partial charge in [0.15, 0.2) is 4.34 Å². The topological polar surface area (TPSA) is 39.2 Å². The number of hydrogen-bond acceptors (Lipinski definition) is 5. The largest absolute Gasteiger partial charge is 0.462 e. The quantitative estimate of drug-likeness (QED) is 0.707. The van der Waals surface area contributed by atoms with E-state index in [1.165, 1.54) is 11.8 Å². The normalized spacial score (nSPS) is 27.6. The fourth-order valence-corrected chi connectivity index (χ4v) is 3.19. The molecule has 5 heteroatoms. The predicted octanol–water partition coefficient (Wildman–Crippen LogP) is 1.94. The van der Waals surface area contributed by atoms with Crippen LogP contribution in [0.3, 0.4) is 0 Å². The zero-order valence-corrected chi connectivity index (χ0v) is 8.73. The Hall–Kier alpha value is -0.550. The minimum atomic E-state index is -0.104. The number of carbonyl (C=O) groups excluding carboxylic acids is 1. The Morgan fingerprint density at radius 1 is 1.77 bits per heavy atom. The van der Waals surface area contributed by atoms with Gasteiger partial charge in [0.25, 0.3) is 0 Å². The first-order valence-electron chi connectivity index (χ1n) is 4.02. The highest BCUT2D eigenvalue weighted by Gasteiger charge is 2.33. The van der Waals surface area contributed by atoms with E-state index < -0.39 is 0 Å². The number of carbonyl (C=O) groups is 1. The van der Waals surface area contributed by atoms with Crippen LogP contribution in [0.4, 0.5) is 0 Å². The molecule has 0 saturated carbocycles. The highest BCUT2D eigenvalue weighted by atomic mass is 32.2. The van der Waals surface area contributed by atoms with Crippen LogP contribution in [-0.2, 0) is 9.53 Å². The van der Waals surface area contributed by atoms with Gasteiger partial charge in [0.1, 0.15) is 11.4 Å². The lowest BCUT2D eigenvalue weighted by Crippen LogP contribution is -2.08. The molecule has 13 heavy (non-hydrogen) atoms. The van der Waals surface area contributed by atoms with Crippen molar-refractivity contribution in [2.75, 3.05) is 0 Å². The molecule has 70 valence electrons. The molecule has 0 bridgehead atoms. The molecule has 2 atom stereocenters. The van der Waals surface area contributed by atoms with E-state index in [1.807, 2.05) is 12.3 Å². The number of nitrogens with zero attached hydrogens (tertiary/aromatic N) is 1. The van der Waals surface area contributed by atoms with Crippen molar-refractivity contribution in [3.63, 3.8) is 0 Å². The monoisotopic (exact) mass is 215 g/mol. The van der Waals surface area contributed by atoms with Crippen molar-refractivity contribution < 1.29 is 9.53 Å². The second kappa shape index (κ2) is 3.67. The summed E-state index contributed by atoms with van der Waals surface area (Å²) in [4.78, 5) is 15.4. The summed E-state index contributed by atoms with van der Waals surface area (Å²) in [7, 11) is 0. The standard InChI is InChI=1S/C8H9NO2S2/c1-5-4-6(7(10)11-5)13-8-9-2-3-12-8/h2-3,5-6H,4H2,1H3. The van der Waals surface area contributed by atoms with Gasteiger partial charge in [-0.25, -0.2) is 4.98 Å². The molecule has 1 saturated heterocycles. The molecule has 0 aliphatic carbocycles. The molecule has 0 radical (unpaired) electrons. The number of cyclic esters (lactones) is 1. The van der Waals surface area contributed by atoms with Gasteiger partial charge in [-0.3, -0.25) is 4.79 Å². The zero-order valence-electron chi connectivity index (χ0n) is 7.10. The van der Waals surface area contributed by atoms with Crippen molar-refractivity contribution in [1.29, 1.82) is 0 Å². The average molecular weight is 215 g/mol. The summed E-state index contributed by atoms with van der Waals surface area (Å²) in [5, 5.41) is 1.85. The second-order valence-electron chi connectivity index (χ2n) is 2.89. The van der Waals surface area contributed by atoms with Crippen LogP contribution in [0.1, 0.15) is 13.3 Å². The molecule has 3 nitrogen and oxygen atoms in total. The lowest BCUT2D eigenvalue weighted by molar-refractivity contribution is -0.140. The smallest absolute Gasteiger partial charge is 0.319 e. The predicted molar refractivity (Wildman–Crippen MR) is 51.9 cm³/mol. The Balaban J connectivity index is 1.99. The van der Waals surface area contributed by atoms with E-state index in [0.717, 1.165) is 10.8 Å². The summed E-state index contributed by atoms with van der Waals surface area (Å²) < 4.78 is 5.98. The summed E-state index contributed by atoms with van der Waals surface area (Å²) in [6.45, 7) is 1.92. The van der Waals surface area contributed by atoms with Gasteiger partial charge in [-0.2, -0.15) is 0 Å². The molecular weight excluding hydrogens is 206 g/mol. The molecule has 1 fully saturated rings. The highest BCUT2D eigenvalue weighted by Crippen LogP contribution is 2.32. The molecule has 2 heterocycles. The molecule has 0 N–H and O–H groups in total. The number of esters is 1. The summed E-state index contributed by atoms with van der Waals surface area (Å²) >= 11 is 3.06. The number of aromatic nitrogens is 1. The average Bonchev–Trinajstić information content (AvgIpc) is 2.63. The first-order chi connectivity index (χ1) is 6.25. The Kier molecular flexibility index (Phi) is 2.55. The van der Waals surface area contributed by atoms with Crippen molar-refractivity contribution in [2.45, 2.75) is 29.0 Å². The SMILES string of the molecule is CC1CC(Sc2nccs2)C(=O)O1.